The molecule has 12 heteroatoms. The second kappa shape index (κ2) is 9.14. The van der Waals surface area contributed by atoms with Crippen LogP contribution in [0.2, 0.25) is 0 Å². The molecule has 182 valence electrons. The molecule has 4 rings (SSSR count). The van der Waals surface area contributed by atoms with Gasteiger partial charge in [-0.05, 0) is 37.6 Å². The van der Waals surface area contributed by atoms with Gasteiger partial charge in [-0.3, -0.25) is 4.79 Å². The summed E-state index contributed by atoms with van der Waals surface area (Å²) in [6, 6.07) is 5.69. The first-order valence-corrected chi connectivity index (χ1v) is 13.1. The topological polar surface area (TPSA) is 83.5 Å². The first kappa shape index (κ1) is 24.4. The molecule has 1 aliphatic rings. The molecule has 3 aromatic rings. The molecule has 0 N–H and O–H groups in total. The highest BCUT2D eigenvalue weighted by atomic mass is 32.2. The summed E-state index contributed by atoms with van der Waals surface area (Å²) in [6.45, 7) is 4.60. The molecule has 0 aliphatic carbocycles. The Kier molecular flexibility index (Phi) is 6.56. The van der Waals surface area contributed by atoms with Crippen LogP contribution >= 0.6 is 11.3 Å². The molecule has 1 amide bonds. The fraction of sp³-hybridized carbons (Fsp3) is 0.409. The van der Waals surface area contributed by atoms with Crippen molar-refractivity contribution >= 4 is 43.0 Å². The Hall–Kier alpha value is -2.73. The normalized spacial score (nSPS) is 17.4. The van der Waals surface area contributed by atoms with Crippen LogP contribution < -0.4 is 4.90 Å². The molecule has 34 heavy (non-hydrogen) atoms. The number of nitrogens with zero attached hydrogens (tertiary/aromatic N) is 4. The van der Waals surface area contributed by atoms with Gasteiger partial charge in [0.1, 0.15) is 5.69 Å². The predicted octanol–water partition coefficient (Wildman–Crippen LogP) is 3.92. The second-order valence-corrected chi connectivity index (χ2v) is 11.2. The molecule has 0 unspecified atom stereocenters. The van der Waals surface area contributed by atoms with Gasteiger partial charge in [-0.2, -0.15) is 13.2 Å². The summed E-state index contributed by atoms with van der Waals surface area (Å²) in [4.78, 5) is 24.3. The van der Waals surface area contributed by atoms with Crippen molar-refractivity contribution in [3.8, 4) is 0 Å². The van der Waals surface area contributed by atoms with Crippen LogP contribution in [-0.4, -0.2) is 60.6 Å². The molecule has 1 aromatic carbocycles. The minimum Gasteiger partial charge on any atom is -0.366 e. The Morgan fingerprint density at radius 3 is 2.68 bits per heavy atom. The average Bonchev–Trinajstić information content (AvgIpc) is 3.25. The minimum absolute atomic E-state index is 0.150. The largest absolute Gasteiger partial charge is 0.433 e. The number of alkyl halides is 3. The number of amides is 1. The zero-order chi connectivity index (χ0) is 24.7. The van der Waals surface area contributed by atoms with E-state index in [2.05, 4.69) is 9.97 Å². The molecular weight excluding hydrogens is 489 g/mol. The third-order valence-electron chi connectivity index (χ3n) is 5.90. The van der Waals surface area contributed by atoms with Crippen molar-refractivity contribution in [2.75, 3.05) is 30.3 Å². The summed E-state index contributed by atoms with van der Waals surface area (Å²) in [7, 11) is -3.67. The lowest BCUT2D eigenvalue weighted by Gasteiger charge is -2.41. The van der Waals surface area contributed by atoms with Crippen molar-refractivity contribution in [2.45, 2.75) is 37.4 Å². The predicted molar refractivity (Wildman–Crippen MR) is 124 cm³/mol. The number of benzene rings is 1. The summed E-state index contributed by atoms with van der Waals surface area (Å²) in [6.07, 6.45) is -3.44. The Morgan fingerprint density at radius 2 is 2.00 bits per heavy atom. The average molecular weight is 513 g/mol. The standard InChI is InChI=1S/C22H23F3N4O3S2/c1-14-10-19(22(23,24)25)26-11-17(14)28-7-8-29(15(2)12-28)20(30)6-9-34(31,32)18-5-3-4-16-21(18)33-13-27-16/h3-5,10-11,13,15H,6-9,12H2,1-2H3/t15-/m0/s1. The lowest BCUT2D eigenvalue weighted by molar-refractivity contribution is -0.141. The number of hydrogen-bond donors (Lipinski definition) is 0. The van der Waals surface area contributed by atoms with E-state index in [1.54, 1.807) is 29.5 Å². The van der Waals surface area contributed by atoms with Crippen LogP contribution in [0, 0.1) is 6.92 Å². The summed E-state index contributed by atoms with van der Waals surface area (Å²) >= 11 is 1.25. The van der Waals surface area contributed by atoms with Gasteiger partial charge in [0.25, 0.3) is 0 Å². The molecule has 0 saturated carbocycles. The molecule has 0 spiro atoms. The third-order valence-corrected chi connectivity index (χ3v) is 8.66. The van der Waals surface area contributed by atoms with Gasteiger partial charge in [0.15, 0.2) is 9.84 Å². The molecule has 1 atom stereocenters. The fourth-order valence-electron chi connectivity index (χ4n) is 4.16. The van der Waals surface area contributed by atoms with Crippen molar-refractivity contribution in [3.05, 3.63) is 47.2 Å². The summed E-state index contributed by atoms with van der Waals surface area (Å²) in [5, 5.41) is 0. The molecule has 1 fully saturated rings. The van der Waals surface area contributed by atoms with Crippen molar-refractivity contribution in [1.82, 2.24) is 14.9 Å². The molecule has 0 radical (unpaired) electrons. The van der Waals surface area contributed by atoms with Crippen LogP contribution in [0.4, 0.5) is 18.9 Å². The molecule has 1 saturated heterocycles. The number of piperazine rings is 1. The van der Waals surface area contributed by atoms with Gasteiger partial charge in [-0.15, -0.1) is 11.3 Å². The summed E-state index contributed by atoms with van der Waals surface area (Å²) < 4.78 is 65.1. The number of thiazole rings is 1. The Balaban J connectivity index is 1.40. The van der Waals surface area contributed by atoms with E-state index in [0.29, 0.717) is 41.1 Å². The van der Waals surface area contributed by atoms with Gasteiger partial charge >= 0.3 is 6.18 Å². The van der Waals surface area contributed by atoms with Crippen LogP contribution in [-0.2, 0) is 20.8 Å². The van der Waals surface area contributed by atoms with E-state index >= 15 is 0 Å². The molecule has 1 aliphatic heterocycles. The highest BCUT2D eigenvalue weighted by molar-refractivity contribution is 7.91. The summed E-state index contributed by atoms with van der Waals surface area (Å²) in [5.41, 5.74) is 2.30. The number of rotatable bonds is 5. The minimum atomic E-state index is -4.51. The van der Waals surface area contributed by atoms with Gasteiger partial charge in [-0.1, -0.05) is 6.07 Å². The van der Waals surface area contributed by atoms with Gasteiger partial charge in [0, 0.05) is 32.1 Å². The Morgan fingerprint density at radius 1 is 1.24 bits per heavy atom. The summed E-state index contributed by atoms with van der Waals surface area (Å²) in [5.74, 6) is -0.577. The zero-order valence-corrected chi connectivity index (χ0v) is 20.2. The van der Waals surface area contributed by atoms with E-state index in [0.717, 1.165) is 6.07 Å². The molecular formula is C22H23F3N4O3S2. The number of carbonyl (C=O) groups is 1. The smallest absolute Gasteiger partial charge is 0.366 e. The number of pyridine rings is 1. The zero-order valence-electron chi connectivity index (χ0n) is 18.5. The number of aromatic nitrogens is 2. The van der Waals surface area contributed by atoms with E-state index in [-0.39, 0.29) is 29.0 Å². The highest BCUT2D eigenvalue weighted by Gasteiger charge is 2.34. The number of sulfone groups is 1. The Bertz CT molecular complexity index is 1320. The maximum atomic E-state index is 12.9. The molecule has 0 bridgehead atoms. The second-order valence-electron chi connectivity index (χ2n) is 8.26. The maximum Gasteiger partial charge on any atom is 0.433 e. The van der Waals surface area contributed by atoms with E-state index in [1.807, 2.05) is 11.8 Å². The highest BCUT2D eigenvalue weighted by Crippen LogP contribution is 2.31. The first-order valence-electron chi connectivity index (χ1n) is 10.6. The first-order chi connectivity index (χ1) is 16.0. The number of carbonyl (C=O) groups excluding carboxylic acids is 1. The maximum absolute atomic E-state index is 12.9. The van der Waals surface area contributed by atoms with E-state index in [1.165, 1.54) is 23.6 Å². The third kappa shape index (κ3) is 4.88. The Labute approximate surface area is 199 Å². The van der Waals surface area contributed by atoms with Crippen LogP contribution in [0.15, 0.2) is 40.9 Å². The lowest BCUT2D eigenvalue weighted by atomic mass is 10.1. The van der Waals surface area contributed by atoms with Crippen molar-refractivity contribution in [1.29, 1.82) is 0 Å². The van der Waals surface area contributed by atoms with E-state index in [4.69, 9.17) is 0 Å². The van der Waals surface area contributed by atoms with E-state index in [9.17, 15) is 26.4 Å². The number of halogens is 3. The van der Waals surface area contributed by atoms with Gasteiger partial charge in [0.2, 0.25) is 5.91 Å². The molecule has 2 aromatic heterocycles. The van der Waals surface area contributed by atoms with Crippen molar-refractivity contribution < 1.29 is 26.4 Å². The number of hydrogen-bond acceptors (Lipinski definition) is 7. The molecule has 3 heterocycles. The van der Waals surface area contributed by atoms with Gasteiger partial charge < -0.3 is 9.80 Å². The van der Waals surface area contributed by atoms with Crippen molar-refractivity contribution in [2.24, 2.45) is 0 Å². The molecule has 7 nitrogen and oxygen atoms in total. The van der Waals surface area contributed by atoms with Crippen LogP contribution in [0.3, 0.4) is 0 Å². The quantitative estimate of drug-likeness (QED) is 0.515. The fourth-order valence-corrected chi connectivity index (χ4v) is 6.72. The van der Waals surface area contributed by atoms with Crippen LogP contribution in [0.1, 0.15) is 24.6 Å². The van der Waals surface area contributed by atoms with E-state index < -0.39 is 21.7 Å². The number of anilines is 1. The monoisotopic (exact) mass is 512 g/mol. The number of aryl methyl sites for hydroxylation is 1. The van der Waals surface area contributed by atoms with Crippen LogP contribution in [0.5, 0.6) is 0 Å². The van der Waals surface area contributed by atoms with Gasteiger partial charge in [0.05, 0.1) is 38.3 Å². The van der Waals surface area contributed by atoms with Crippen molar-refractivity contribution in [3.63, 3.8) is 0 Å². The van der Waals surface area contributed by atoms with Crippen LogP contribution in [0.25, 0.3) is 10.2 Å². The van der Waals surface area contributed by atoms with Gasteiger partial charge in [-0.25, -0.2) is 18.4 Å². The SMILES string of the molecule is Cc1cc(C(F)(F)F)ncc1N1CCN(C(=O)CCS(=O)(=O)c2cccc3ncsc23)[C@@H](C)C1. The number of fused-ring (bicyclic) bond motifs is 1. The lowest BCUT2D eigenvalue weighted by Crippen LogP contribution is -2.54.